The molecule has 0 N–H and O–H groups in total. The van der Waals surface area contributed by atoms with Crippen LogP contribution in [0.25, 0.3) is 10.2 Å². The van der Waals surface area contributed by atoms with Gasteiger partial charge in [-0.1, -0.05) is 0 Å². The molecule has 1 aliphatic rings. The molecule has 4 aromatic rings. The van der Waals surface area contributed by atoms with Crippen molar-refractivity contribution in [1.29, 1.82) is 0 Å². The number of carbonyl (C=O) groups excluding carboxylic acids is 1. The number of methoxy groups -OCH3 is 1. The molecule has 1 aromatic carbocycles. The highest BCUT2D eigenvalue weighted by Crippen LogP contribution is 2.33. The molecule has 4 heterocycles. The Labute approximate surface area is 181 Å². The van der Waals surface area contributed by atoms with Crippen molar-refractivity contribution in [3.8, 4) is 5.75 Å². The predicted molar refractivity (Wildman–Crippen MR) is 116 cm³/mol. The first-order valence-electron chi connectivity index (χ1n) is 9.64. The number of aromatic nitrogens is 2. The van der Waals surface area contributed by atoms with E-state index in [0.717, 1.165) is 17.0 Å². The van der Waals surface area contributed by atoms with E-state index < -0.39 is 0 Å². The Morgan fingerprint density at radius 1 is 1.26 bits per heavy atom. The summed E-state index contributed by atoms with van der Waals surface area (Å²) in [7, 11) is 1.61. The van der Waals surface area contributed by atoms with Crippen LogP contribution in [-0.2, 0) is 11.3 Å². The number of hydrogen-bond donors (Lipinski definition) is 0. The molecule has 1 amide bonds. The van der Waals surface area contributed by atoms with Gasteiger partial charge in [0.15, 0.2) is 0 Å². The number of ether oxygens (including phenoxy) is 1. The molecule has 0 bridgehead atoms. The highest BCUT2D eigenvalue weighted by atomic mass is 32.1. The molecule has 1 atom stereocenters. The van der Waals surface area contributed by atoms with Gasteiger partial charge in [0.05, 0.1) is 30.8 Å². The molecule has 31 heavy (non-hydrogen) atoms. The number of thiophene rings is 1. The molecule has 0 fully saturated rings. The maximum Gasteiger partial charge on any atom is 0.263 e. The first-order valence-corrected chi connectivity index (χ1v) is 10.5. The minimum atomic E-state index is -0.381. The van der Waals surface area contributed by atoms with Crippen molar-refractivity contribution in [2.75, 3.05) is 7.11 Å². The molecule has 9 heteroatoms. The second-order valence-electron chi connectivity index (χ2n) is 7.07. The normalized spacial score (nSPS) is 16.0. The average molecular weight is 434 g/mol. The fourth-order valence-corrected chi connectivity index (χ4v) is 4.35. The molecular formula is C22H18N4O4S. The zero-order valence-corrected chi connectivity index (χ0v) is 17.4. The van der Waals surface area contributed by atoms with Crippen LogP contribution < -0.4 is 10.3 Å². The summed E-state index contributed by atoms with van der Waals surface area (Å²) in [5, 5.41) is 8.32. The maximum atomic E-state index is 13.2. The number of hydrogen-bond acceptors (Lipinski definition) is 7. The van der Waals surface area contributed by atoms with E-state index in [9.17, 15) is 9.59 Å². The Bertz CT molecular complexity index is 1320. The largest absolute Gasteiger partial charge is 0.497 e. The summed E-state index contributed by atoms with van der Waals surface area (Å²) < 4.78 is 12.1. The van der Waals surface area contributed by atoms with Crippen LogP contribution in [0, 0.1) is 0 Å². The van der Waals surface area contributed by atoms with Crippen LogP contribution in [0.1, 0.15) is 23.8 Å². The van der Waals surface area contributed by atoms with Gasteiger partial charge in [-0.25, -0.2) is 9.99 Å². The molecule has 3 aromatic heterocycles. The van der Waals surface area contributed by atoms with E-state index >= 15 is 0 Å². The number of furan rings is 1. The monoisotopic (exact) mass is 434 g/mol. The summed E-state index contributed by atoms with van der Waals surface area (Å²) in [6, 6.07) is 12.5. The summed E-state index contributed by atoms with van der Waals surface area (Å²) in [4.78, 5) is 30.8. The first kappa shape index (κ1) is 19.3. The van der Waals surface area contributed by atoms with E-state index in [2.05, 4.69) is 10.1 Å². The van der Waals surface area contributed by atoms with Crippen molar-refractivity contribution in [2.24, 2.45) is 5.10 Å². The van der Waals surface area contributed by atoms with Crippen LogP contribution in [0.5, 0.6) is 5.75 Å². The van der Waals surface area contributed by atoms with Crippen molar-refractivity contribution in [3.05, 3.63) is 82.1 Å². The van der Waals surface area contributed by atoms with Crippen molar-refractivity contribution < 1.29 is 13.9 Å². The van der Waals surface area contributed by atoms with Crippen molar-refractivity contribution in [2.45, 2.75) is 19.0 Å². The second-order valence-corrected chi connectivity index (χ2v) is 7.96. The topological polar surface area (TPSA) is 89.9 Å². The molecule has 0 saturated heterocycles. The van der Waals surface area contributed by atoms with Gasteiger partial charge >= 0.3 is 0 Å². The molecule has 5 rings (SSSR count). The van der Waals surface area contributed by atoms with Crippen LogP contribution >= 0.6 is 11.3 Å². The van der Waals surface area contributed by atoms with Gasteiger partial charge in [0.2, 0.25) is 0 Å². The highest BCUT2D eigenvalue weighted by molar-refractivity contribution is 7.16. The number of hydrazone groups is 1. The van der Waals surface area contributed by atoms with Crippen LogP contribution in [0.15, 0.2) is 74.7 Å². The highest BCUT2D eigenvalue weighted by Gasteiger charge is 2.35. The van der Waals surface area contributed by atoms with Gasteiger partial charge in [-0.15, -0.1) is 11.3 Å². The molecule has 0 spiro atoms. The predicted octanol–water partition coefficient (Wildman–Crippen LogP) is 3.44. The molecule has 156 valence electrons. The van der Waals surface area contributed by atoms with Crippen molar-refractivity contribution in [3.63, 3.8) is 0 Å². The van der Waals surface area contributed by atoms with Gasteiger partial charge in [-0.2, -0.15) is 5.10 Å². The fraction of sp³-hybridized carbons (Fsp3) is 0.182. The molecule has 0 saturated carbocycles. The van der Waals surface area contributed by atoms with E-state index in [4.69, 9.17) is 9.15 Å². The van der Waals surface area contributed by atoms with Crippen LogP contribution in [0.4, 0.5) is 0 Å². The second kappa shape index (κ2) is 7.84. The van der Waals surface area contributed by atoms with E-state index in [0.29, 0.717) is 22.4 Å². The van der Waals surface area contributed by atoms with Crippen LogP contribution in [0.3, 0.4) is 0 Å². The van der Waals surface area contributed by atoms with Gasteiger partial charge in [0.25, 0.3) is 11.5 Å². The molecule has 1 aliphatic heterocycles. The lowest BCUT2D eigenvalue weighted by Gasteiger charge is -2.20. The molecule has 0 unspecified atom stereocenters. The third-order valence-electron chi connectivity index (χ3n) is 5.22. The van der Waals surface area contributed by atoms with Crippen molar-refractivity contribution >= 4 is 33.2 Å². The van der Waals surface area contributed by atoms with Gasteiger partial charge < -0.3 is 9.15 Å². The summed E-state index contributed by atoms with van der Waals surface area (Å²) in [5.41, 5.74) is 1.41. The lowest BCUT2D eigenvalue weighted by molar-refractivity contribution is -0.134. The van der Waals surface area contributed by atoms with Crippen LogP contribution in [-0.4, -0.2) is 33.3 Å². The minimum absolute atomic E-state index is 0.159. The maximum absolute atomic E-state index is 13.2. The number of benzene rings is 1. The number of carbonyl (C=O) groups is 1. The summed E-state index contributed by atoms with van der Waals surface area (Å²) in [6.07, 6.45) is 3.48. The summed E-state index contributed by atoms with van der Waals surface area (Å²) >= 11 is 1.39. The van der Waals surface area contributed by atoms with Gasteiger partial charge in [-0.3, -0.25) is 14.2 Å². The lowest BCUT2D eigenvalue weighted by atomic mass is 10.0. The van der Waals surface area contributed by atoms with Gasteiger partial charge in [0.1, 0.15) is 28.9 Å². The Hall–Kier alpha value is -3.72. The zero-order chi connectivity index (χ0) is 21.4. The number of fused-ring (bicyclic) bond motifs is 1. The lowest BCUT2D eigenvalue weighted by Crippen LogP contribution is -2.33. The Balaban J connectivity index is 1.46. The molecule has 0 radical (unpaired) electrons. The number of nitrogens with zero attached hydrogens (tertiary/aromatic N) is 4. The molecule has 8 nitrogen and oxygen atoms in total. The fourth-order valence-electron chi connectivity index (χ4n) is 3.62. The quantitative estimate of drug-likeness (QED) is 0.480. The van der Waals surface area contributed by atoms with Gasteiger partial charge in [-0.05, 0) is 53.4 Å². The Morgan fingerprint density at radius 2 is 2.10 bits per heavy atom. The third-order valence-corrected chi connectivity index (χ3v) is 6.04. The average Bonchev–Trinajstić information content (AvgIpc) is 3.55. The standard InChI is InChI=1S/C22H18N4O4S/c1-29-15-6-4-14(5-7-15)17-11-18(19-3-2-9-30-19)26(24-17)20(27)12-25-13-23-21-16(22(25)28)8-10-31-21/h2-10,13,18H,11-12H2,1H3/t18-/m0/s1. The van der Waals surface area contributed by atoms with Gasteiger partial charge in [0, 0.05) is 6.42 Å². The number of rotatable bonds is 5. The first-order chi connectivity index (χ1) is 15.1. The van der Waals surface area contributed by atoms with E-state index in [-0.39, 0.29) is 24.1 Å². The van der Waals surface area contributed by atoms with E-state index in [1.807, 2.05) is 35.7 Å². The van der Waals surface area contributed by atoms with E-state index in [1.54, 1.807) is 25.5 Å². The zero-order valence-electron chi connectivity index (χ0n) is 16.6. The summed E-state index contributed by atoms with van der Waals surface area (Å²) in [5.74, 6) is 1.07. The van der Waals surface area contributed by atoms with E-state index in [1.165, 1.54) is 27.2 Å². The Morgan fingerprint density at radius 3 is 2.84 bits per heavy atom. The number of amides is 1. The SMILES string of the molecule is COc1ccc(C2=NN(C(=O)Cn3cnc4sccc4c3=O)[C@H](c3ccco3)C2)cc1. The Kier molecular flexibility index (Phi) is 4.87. The third kappa shape index (κ3) is 3.53. The minimum Gasteiger partial charge on any atom is -0.497 e. The van der Waals surface area contributed by atoms with Crippen molar-refractivity contribution in [1.82, 2.24) is 14.6 Å². The smallest absolute Gasteiger partial charge is 0.263 e. The molecular weight excluding hydrogens is 416 g/mol. The summed E-state index contributed by atoms with van der Waals surface area (Å²) in [6.45, 7) is -0.159. The molecule has 0 aliphatic carbocycles. The van der Waals surface area contributed by atoms with Crippen LogP contribution in [0.2, 0.25) is 0 Å².